The smallest absolute Gasteiger partial charge is 0.286 e. The Balaban J connectivity index is 1.48. The monoisotopic (exact) mass is 312 g/mol. The van der Waals surface area contributed by atoms with Gasteiger partial charge in [0.2, 0.25) is 5.91 Å². The van der Waals surface area contributed by atoms with E-state index >= 15 is 0 Å². The molecule has 3 rings (SSSR count). The van der Waals surface area contributed by atoms with Crippen molar-refractivity contribution in [1.29, 1.82) is 0 Å². The third kappa shape index (κ3) is 3.80. The first-order valence-corrected chi connectivity index (χ1v) is 7.93. The van der Waals surface area contributed by atoms with E-state index in [4.69, 9.17) is 4.42 Å². The van der Waals surface area contributed by atoms with Gasteiger partial charge in [-0.15, -0.1) is 0 Å². The molecule has 1 aromatic carbocycles. The molecule has 5 nitrogen and oxygen atoms in total. The molecule has 0 aliphatic heterocycles. The van der Waals surface area contributed by atoms with E-state index in [0.29, 0.717) is 6.54 Å². The summed E-state index contributed by atoms with van der Waals surface area (Å²) in [6.45, 7) is 0.291. The number of benzene rings is 1. The van der Waals surface area contributed by atoms with E-state index in [0.717, 1.165) is 19.3 Å². The van der Waals surface area contributed by atoms with Gasteiger partial charge in [0.1, 0.15) is 0 Å². The van der Waals surface area contributed by atoms with Gasteiger partial charge in [0, 0.05) is 13.0 Å². The van der Waals surface area contributed by atoms with Gasteiger partial charge in [-0.25, -0.2) is 0 Å². The average molecular weight is 312 g/mol. The molecule has 2 aromatic rings. The maximum atomic E-state index is 12.1. The average Bonchev–Trinajstić information content (AvgIpc) is 3.10. The van der Waals surface area contributed by atoms with Crippen LogP contribution < -0.4 is 10.6 Å². The van der Waals surface area contributed by atoms with Gasteiger partial charge < -0.3 is 15.1 Å². The third-order valence-corrected chi connectivity index (χ3v) is 4.09. The summed E-state index contributed by atoms with van der Waals surface area (Å²) in [7, 11) is 0. The maximum Gasteiger partial charge on any atom is 0.286 e. The van der Waals surface area contributed by atoms with E-state index < -0.39 is 0 Å². The lowest BCUT2D eigenvalue weighted by Crippen LogP contribution is -2.34. The predicted molar refractivity (Wildman–Crippen MR) is 85.9 cm³/mol. The number of carbonyl (C=O) groups is 2. The number of amides is 2. The number of aryl methyl sites for hydroxylation is 1. The van der Waals surface area contributed by atoms with Crippen LogP contribution in [0.25, 0.3) is 0 Å². The minimum atomic E-state index is -0.300. The first-order valence-electron chi connectivity index (χ1n) is 7.93. The second-order valence-corrected chi connectivity index (χ2v) is 5.69. The molecule has 2 N–H and O–H groups in total. The van der Waals surface area contributed by atoms with Crippen molar-refractivity contribution in [1.82, 2.24) is 10.6 Å². The Kier molecular flexibility index (Phi) is 4.76. The molecule has 0 fully saturated rings. The summed E-state index contributed by atoms with van der Waals surface area (Å²) in [4.78, 5) is 23.8. The van der Waals surface area contributed by atoms with Gasteiger partial charge in [-0.05, 0) is 42.5 Å². The Morgan fingerprint density at radius 2 is 2.04 bits per heavy atom. The summed E-state index contributed by atoms with van der Waals surface area (Å²) in [6, 6.07) is 11.6. The van der Waals surface area contributed by atoms with E-state index in [1.807, 2.05) is 12.1 Å². The van der Waals surface area contributed by atoms with Crippen LogP contribution in [0.5, 0.6) is 0 Å². The Hall–Kier alpha value is -2.56. The normalized spacial score (nSPS) is 16.4. The van der Waals surface area contributed by atoms with Gasteiger partial charge in [0.25, 0.3) is 5.91 Å². The van der Waals surface area contributed by atoms with E-state index in [1.54, 1.807) is 12.1 Å². The predicted octanol–water partition coefficient (Wildman–Crippen LogP) is 2.59. The highest BCUT2D eigenvalue weighted by atomic mass is 16.3. The van der Waals surface area contributed by atoms with Crippen molar-refractivity contribution in [3.05, 3.63) is 59.5 Å². The SMILES string of the molecule is O=C(CCNC(=O)c1ccco1)NC1CCCc2ccccc21. The van der Waals surface area contributed by atoms with Crippen molar-refractivity contribution in [3.63, 3.8) is 0 Å². The Morgan fingerprint density at radius 3 is 2.87 bits per heavy atom. The fourth-order valence-corrected chi connectivity index (χ4v) is 2.95. The lowest BCUT2D eigenvalue weighted by atomic mass is 9.88. The lowest BCUT2D eigenvalue weighted by molar-refractivity contribution is -0.121. The van der Waals surface area contributed by atoms with Crippen LogP contribution in [0, 0.1) is 0 Å². The number of nitrogens with one attached hydrogen (secondary N) is 2. The van der Waals surface area contributed by atoms with Crippen LogP contribution in [-0.2, 0) is 11.2 Å². The molecule has 0 radical (unpaired) electrons. The number of furan rings is 1. The molecule has 0 spiro atoms. The quantitative estimate of drug-likeness (QED) is 0.891. The molecule has 0 saturated carbocycles. The summed E-state index contributed by atoms with van der Waals surface area (Å²) >= 11 is 0. The minimum absolute atomic E-state index is 0.0496. The summed E-state index contributed by atoms with van der Waals surface area (Å²) in [5, 5.41) is 5.75. The zero-order valence-corrected chi connectivity index (χ0v) is 12.9. The van der Waals surface area contributed by atoms with Gasteiger partial charge in [-0.1, -0.05) is 24.3 Å². The fraction of sp³-hybridized carbons (Fsp3) is 0.333. The topological polar surface area (TPSA) is 71.3 Å². The molecular weight excluding hydrogens is 292 g/mol. The Labute approximate surface area is 135 Å². The zero-order valence-electron chi connectivity index (χ0n) is 12.9. The molecule has 1 aliphatic rings. The maximum absolute atomic E-state index is 12.1. The van der Waals surface area contributed by atoms with Crippen LogP contribution in [0.3, 0.4) is 0 Å². The van der Waals surface area contributed by atoms with Crippen molar-refractivity contribution < 1.29 is 14.0 Å². The Morgan fingerprint density at radius 1 is 1.17 bits per heavy atom. The molecular formula is C18H20N2O3. The van der Waals surface area contributed by atoms with Crippen molar-refractivity contribution in [2.24, 2.45) is 0 Å². The molecule has 120 valence electrons. The Bertz CT molecular complexity index is 679. The molecule has 1 aromatic heterocycles. The molecule has 2 amide bonds. The van der Waals surface area contributed by atoms with Crippen molar-refractivity contribution >= 4 is 11.8 Å². The molecule has 0 saturated heterocycles. The van der Waals surface area contributed by atoms with E-state index in [-0.39, 0.29) is 30.0 Å². The lowest BCUT2D eigenvalue weighted by Gasteiger charge is -2.26. The summed E-state index contributed by atoms with van der Waals surface area (Å²) in [5.41, 5.74) is 2.53. The minimum Gasteiger partial charge on any atom is -0.459 e. The highest BCUT2D eigenvalue weighted by molar-refractivity contribution is 5.91. The van der Waals surface area contributed by atoms with Crippen LogP contribution in [0.2, 0.25) is 0 Å². The number of hydrogen-bond acceptors (Lipinski definition) is 3. The molecule has 23 heavy (non-hydrogen) atoms. The summed E-state index contributed by atoms with van der Waals surface area (Å²) in [6.07, 6.45) is 4.81. The number of carbonyl (C=O) groups excluding carboxylic acids is 2. The molecule has 0 bridgehead atoms. The zero-order chi connectivity index (χ0) is 16.1. The van der Waals surface area contributed by atoms with Crippen LogP contribution in [0.4, 0.5) is 0 Å². The first kappa shape index (κ1) is 15.3. The number of rotatable bonds is 5. The van der Waals surface area contributed by atoms with Crippen molar-refractivity contribution in [2.45, 2.75) is 31.7 Å². The van der Waals surface area contributed by atoms with Crippen LogP contribution >= 0.6 is 0 Å². The first-order chi connectivity index (χ1) is 11.2. The highest BCUT2D eigenvalue weighted by Crippen LogP contribution is 2.29. The summed E-state index contributed by atoms with van der Waals surface area (Å²) in [5.74, 6) is -0.0936. The second kappa shape index (κ2) is 7.13. The standard InChI is InChI=1S/C18H20N2O3/c21-17(10-11-19-18(22)16-9-4-12-23-16)20-15-8-3-6-13-5-1-2-7-14(13)15/h1-2,4-5,7,9,12,15H,3,6,8,10-11H2,(H,19,22)(H,20,21). The number of hydrogen-bond donors (Lipinski definition) is 2. The molecule has 1 unspecified atom stereocenters. The third-order valence-electron chi connectivity index (χ3n) is 4.09. The van der Waals surface area contributed by atoms with E-state index in [9.17, 15) is 9.59 Å². The molecule has 1 atom stereocenters. The van der Waals surface area contributed by atoms with Gasteiger partial charge in [-0.3, -0.25) is 9.59 Å². The van der Waals surface area contributed by atoms with Crippen LogP contribution in [-0.4, -0.2) is 18.4 Å². The van der Waals surface area contributed by atoms with Gasteiger partial charge in [0.15, 0.2) is 5.76 Å². The van der Waals surface area contributed by atoms with Crippen LogP contribution in [0.1, 0.15) is 47.0 Å². The van der Waals surface area contributed by atoms with E-state index in [2.05, 4.69) is 22.8 Å². The van der Waals surface area contributed by atoms with Crippen LogP contribution in [0.15, 0.2) is 47.1 Å². The summed E-state index contributed by atoms with van der Waals surface area (Å²) < 4.78 is 5.00. The molecule has 1 aliphatic carbocycles. The molecule has 1 heterocycles. The largest absolute Gasteiger partial charge is 0.459 e. The van der Waals surface area contributed by atoms with Gasteiger partial charge >= 0.3 is 0 Å². The van der Waals surface area contributed by atoms with Crippen molar-refractivity contribution in [3.8, 4) is 0 Å². The van der Waals surface area contributed by atoms with Gasteiger partial charge in [-0.2, -0.15) is 0 Å². The number of fused-ring (bicyclic) bond motifs is 1. The molecule has 5 heteroatoms. The second-order valence-electron chi connectivity index (χ2n) is 5.69. The van der Waals surface area contributed by atoms with E-state index in [1.165, 1.54) is 17.4 Å². The van der Waals surface area contributed by atoms with Crippen molar-refractivity contribution in [2.75, 3.05) is 6.54 Å². The fourth-order valence-electron chi connectivity index (χ4n) is 2.95. The van der Waals surface area contributed by atoms with Gasteiger partial charge in [0.05, 0.1) is 12.3 Å². The highest BCUT2D eigenvalue weighted by Gasteiger charge is 2.21.